The van der Waals surface area contributed by atoms with Gasteiger partial charge in [-0.2, -0.15) is 0 Å². The molecule has 4 aliphatic rings. The molecule has 5 rings (SSSR count). The van der Waals surface area contributed by atoms with Crippen molar-refractivity contribution < 1.29 is 19.1 Å². The number of nitrogens with one attached hydrogen (secondary N) is 3. The van der Waals surface area contributed by atoms with Crippen LogP contribution in [0.15, 0.2) is 18.2 Å². The highest BCUT2D eigenvalue weighted by molar-refractivity contribution is 5.89. The normalized spacial score (nSPS) is 28.7. The topological polar surface area (TPSA) is 96.5 Å². The minimum absolute atomic E-state index is 0.00107. The van der Waals surface area contributed by atoms with Gasteiger partial charge in [-0.1, -0.05) is 6.07 Å². The molecule has 0 spiro atoms. The summed E-state index contributed by atoms with van der Waals surface area (Å²) >= 11 is 0. The Bertz CT molecular complexity index is 816. The molecule has 4 bridgehead atoms. The van der Waals surface area contributed by atoms with Gasteiger partial charge >= 0.3 is 0 Å². The van der Waals surface area contributed by atoms with Gasteiger partial charge in [0.1, 0.15) is 5.75 Å². The second-order valence-electron chi connectivity index (χ2n) is 9.51. The SMILES string of the molecule is Cc1ccc(OCC(=O)NNC(=O)CNC(=O)C23CC4CC(CC(C4)C2)C3)cc1C. The summed E-state index contributed by atoms with van der Waals surface area (Å²) in [5, 5.41) is 2.80. The highest BCUT2D eigenvalue weighted by Gasteiger charge is 2.54. The second kappa shape index (κ2) is 8.28. The summed E-state index contributed by atoms with van der Waals surface area (Å²) in [6.45, 7) is 3.63. The van der Waals surface area contributed by atoms with Crippen molar-refractivity contribution in [2.75, 3.05) is 13.2 Å². The van der Waals surface area contributed by atoms with Gasteiger partial charge in [0, 0.05) is 5.41 Å². The summed E-state index contributed by atoms with van der Waals surface area (Å²) in [4.78, 5) is 36.8. The number of ether oxygens (including phenoxy) is 1. The summed E-state index contributed by atoms with van der Waals surface area (Å²) in [6, 6.07) is 5.59. The molecule has 3 amide bonds. The summed E-state index contributed by atoms with van der Waals surface area (Å²) in [7, 11) is 0. The fourth-order valence-corrected chi connectivity index (χ4v) is 5.91. The molecule has 0 unspecified atom stereocenters. The molecule has 0 aromatic heterocycles. The highest BCUT2D eigenvalue weighted by Crippen LogP contribution is 2.60. The van der Waals surface area contributed by atoms with Crippen LogP contribution in [0.1, 0.15) is 49.7 Å². The van der Waals surface area contributed by atoms with E-state index in [0.29, 0.717) is 23.5 Å². The van der Waals surface area contributed by atoms with E-state index >= 15 is 0 Å². The van der Waals surface area contributed by atoms with Crippen LogP contribution in [0.5, 0.6) is 5.75 Å². The van der Waals surface area contributed by atoms with Crippen LogP contribution in [0.3, 0.4) is 0 Å². The average Bonchev–Trinajstić information content (AvgIpc) is 2.70. The first-order valence-corrected chi connectivity index (χ1v) is 10.9. The van der Waals surface area contributed by atoms with E-state index in [4.69, 9.17) is 4.74 Å². The van der Waals surface area contributed by atoms with Crippen molar-refractivity contribution in [3.8, 4) is 5.75 Å². The minimum Gasteiger partial charge on any atom is -0.484 e. The van der Waals surface area contributed by atoms with Crippen LogP contribution >= 0.6 is 0 Å². The van der Waals surface area contributed by atoms with Crippen LogP contribution in [0.25, 0.3) is 0 Å². The third kappa shape index (κ3) is 4.45. The van der Waals surface area contributed by atoms with E-state index in [0.717, 1.165) is 30.4 Å². The summed E-state index contributed by atoms with van der Waals surface area (Å²) in [6.07, 6.45) is 6.67. The van der Waals surface area contributed by atoms with E-state index < -0.39 is 11.8 Å². The monoisotopic (exact) mass is 413 g/mol. The van der Waals surface area contributed by atoms with Crippen molar-refractivity contribution in [1.82, 2.24) is 16.2 Å². The average molecular weight is 414 g/mol. The molecule has 0 heterocycles. The molecule has 4 saturated carbocycles. The molecular formula is C23H31N3O4. The largest absolute Gasteiger partial charge is 0.484 e. The van der Waals surface area contributed by atoms with Crippen LogP contribution in [0.4, 0.5) is 0 Å². The molecule has 1 aromatic carbocycles. The Hall–Kier alpha value is -2.57. The maximum Gasteiger partial charge on any atom is 0.276 e. The number of amides is 3. The molecule has 162 valence electrons. The molecule has 0 saturated heterocycles. The maximum absolute atomic E-state index is 12.9. The summed E-state index contributed by atoms with van der Waals surface area (Å²) in [5.41, 5.74) is 6.61. The van der Waals surface area contributed by atoms with Gasteiger partial charge in [0.2, 0.25) is 5.91 Å². The van der Waals surface area contributed by atoms with Crippen LogP contribution in [0.2, 0.25) is 0 Å². The van der Waals surface area contributed by atoms with E-state index in [9.17, 15) is 14.4 Å². The zero-order valence-electron chi connectivity index (χ0n) is 17.8. The predicted octanol–water partition coefficient (Wildman–Crippen LogP) is 2.16. The van der Waals surface area contributed by atoms with Crippen LogP contribution in [-0.4, -0.2) is 30.9 Å². The van der Waals surface area contributed by atoms with Crippen molar-refractivity contribution in [3.05, 3.63) is 29.3 Å². The molecule has 0 aliphatic heterocycles. The zero-order valence-corrected chi connectivity index (χ0v) is 17.8. The fraction of sp³-hybridized carbons (Fsp3) is 0.609. The van der Waals surface area contributed by atoms with Gasteiger partial charge in [-0.25, -0.2) is 0 Å². The van der Waals surface area contributed by atoms with Crippen molar-refractivity contribution in [1.29, 1.82) is 0 Å². The lowest BCUT2D eigenvalue weighted by Gasteiger charge is -2.55. The first kappa shape index (κ1) is 20.7. The highest BCUT2D eigenvalue weighted by atomic mass is 16.5. The van der Waals surface area contributed by atoms with Gasteiger partial charge in [0.05, 0.1) is 6.54 Å². The quantitative estimate of drug-likeness (QED) is 0.623. The number of hydrogen-bond donors (Lipinski definition) is 3. The smallest absolute Gasteiger partial charge is 0.276 e. The number of benzene rings is 1. The van der Waals surface area contributed by atoms with Gasteiger partial charge in [0.25, 0.3) is 11.8 Å². The third-order valence-electron chi connectivity index (χ3n) is 7.12. The molecule has 4 aliphatic carbocycles. The number of hydrogen-bond acceptors (Lipinski definition) is 4. The summed E-state index contributed by atoms with van der Waals surface area (Å²) < 4.78 is 5.44. The Kier molecular flexibility index (Phi) is 5.71. The van der Waals surface area contributed by atoms with Gasteiger partial charge in [0.15, 0.2) is 6.61 Å². The van der Waals surface area contributed by atoms with E-state index in [1.807, 2.05) is 26.0 Å². The van der Waals surface area contributed by atoms with Crippen molar-refractivity contribution in [2.45, 2.75) is 52.4 Å². The van der Waals surface area contributed by atoms with E-state index in [1.165, 1.54) is 19.3 Å². The molecule has 0 atom stereocenters. The van der Waals surface area contributed by atoms with Crippen LogP contribution < -0.4 is 20.9 Å². The molecule has 7 nitrogen and oxygen atoms in total. The molecule has 1 aromatic rings. The lowest BCUT2D eigenvalue weighted by atomic mass is 9.49. The van der Waals surface area contributed by atoms with Crippen LogP contribution in [-0.2, 0) is 14.4 Å². The Labute approximate surface area is 177 Å². The molecule has 30 heavy (non-hydrogen) atoms. The summed E-state index contributed by atoms with van der Waals surface area (Å²) in [5.74, 6) is 1.71. The standard InChI is InChI=1S/C23H31N3O4/c1-14-3-4-19(5-15(14)2)30-13-21(28)26-25-20(27)12-24-22(29)23-9-16-6-17(10-23)8-18(7-16)11-23/h3-5,16-18H,6-13H2,1-2H3,(H,24,29)(H,25,27)(H,26,28). The molecule has 0 radical (unpaired) electrons. The fourth-order valence-electron chi connectivity index (χ4n) is 5.91. The maximum atomic E-state index is 12.9. The zero-order chi connectivity index (χ0) is 21.3. The number of carbonyl (C=O) groups is 3. The number of rotatable bonds is 6. The molecular weight excluding hydrogens is 382 g/mol. The van der Waals surface area contributed by atoms with Gasteiger partial charge in [-0.15, -0.1) is 0 Å². The Morgan fingerprint density at radius 3 is 2.13 bits per heavy atom. The lowest BCUT2D eigenvalue weighted by molar-refractivity contribution is -0.147. The Balaban J connectivity index is 1.17. The van der Waals surface area contributed by atoms with Crippen molar-refractivity contribution in [3.63, 3.8) is 0 Å². The number of aryl methyl sites for hydroxylation is 2. The number of carbonyl (C=O) groups excluding carboxylic acids is 3. The molecule has 3 N–H and O–H groups in total. The third-order valence-corrected chi connectivity index (χ3v) is 7.12. The second-order valence-corrected chi connectivity index (χ2v) is 9.51. The van der Waals surface area contributed by atoms with Gasteiger partial charge in [-0.3, -0.25) is 25.2 Å². The Morgan fingerprint density at radius 1 is 0.933 bits per heavy atom. The van der Waals surface area contributed by atoms with Gasteiger partial charge in [-0.05, 0) is 93.4 Å². The first-order valence-electron chi connectivity index (χ1n) is 10.9. The van der Waals surface area contributed by atoms with E-state index in [2.05, 4.69) is 16.2 Å². The van der Waals surface area contributed by atoms with Crippen LogP contribution in [0, 0.1) is 37.0 Å². The molecule has 7 heteroatoms. The predicted molar refractivity (Wildman–Crippen MR) is 111 cm³/mol. The Morgan fingerprint density at radius 2 is 1.53 bits per heavy atom. The van der Waals surface area contributed by atoms with Crippen molar-refractivity contribution in [2.24, 2.45) is 23.2 Å². The number of hydrazine groups is 1. The lowest BCUT2D eigenvalue weighted by Crippen LogP contribution is -2.55. The molecule has 4 fully saturated rings. The van der Waals surface area contributed by atoms with E-state index in [1.54, 1.807) is 6.07 Å². The van der Waals surface area contributed by atoms with Crippen molar-refractivity contribution >= 4 is 17.7 Å². The minimum atomic E-state index is -0.464. The first-order chi connectivity index (χ1) is 14.3. The van der Waals surface area contributed by atoms with Gasteiger partial charge < -0.3 is 10.1 Å². The van der Waals surface area contributed by atoms with E-state index in [-0.39, 0.29) is 24.5 Å².